The third-order valence-electron chi connectivity index (χ3n) is 6.10. The molecule has 8 nitrogen and oxygen atoms in total. The molecule has 32 heavy (non-hydrogen) atoms. The van der Waals surface area contributed by atoms with Crippen molar-refractivity contribution < 1.29 is 9.90 Å². The van der Waals surface area contributed by atoms with E-state index in [1.54, 1.807) is 30.4 Å². The first kappa shape index (κ1) is 20.4. The van der Waals surface area contributed by atoms with Crippen LogP contribution in [0.25, 0.3) is 22.1 Å². The second kappa shape index (κ2) is 7.87. The molecule has 1 atom stereocenters. The van der Waals surface area contributed by atoms with Crippen LogP contribution in [0.5, 0.6) is 0 Å². The number of H-pyrrole nitrogens is 1. The highest BCUT2D eigenvalue weighted by Gasteiger charge is 2.36. The lowest BCUT2D eigenvalue weighted by Gasteiger charge is -2.42. The smallest absolute Gasteiger partial charge is 0.253 e. The zero-order chi connectivity index (χ0) is 22.3. The largest absolute Gasteiger partial charge is 0.386 e. The standard InChI is InChI=1S/C24H26N6O2/c1-16-27-18-7-6-17(13-20(18)28-16)23(31)29(2)14-24(32)9-4-12-30(15-24)21-8-11-25-19-5-3-10-26-22(19)21/h3,5-8,10-11,13,32H,4,9,12,14-15H2,1-2H3,(H,27,28). The number of aliphatic hydroxyl groups is 1. The molecule has 1 aromatic carbocycles. The molecular formula is C24H26N6O2. The first-order valence-corrected chi connectivity index (χ1v) is 10.8. The number of anilines is 1. The molecular weight excluding hydrogens is 404 g/mol. The fourth-order valence-corrected chi connectivity index (χ4v) is 4.67. The Kier molecular flexibility index (Phi) is 5.01. The number of carbonyl (C=O) groups is 1. The molecule has 1 amide bonds. The summed E-state index contributed by atoms with van der Waals surface area (Å²) in [5.41, 5.74) is 3.85. The molecule has 1 fully saturated rings. The summed E-state index contributed by atoms with van der Waals surface area (Å²) in [5, 5.41) is 11.4. The molecule has 1 saturated heterocycles. The molecule has 1 aliphatic heterocycles. The summed E-state index contributed by atoms with van der Waals surface area (Å²) in [6.45, 7) is 3.39. The maximum atomic E-state index is 13.1. The number of aryl methyl sites for hydroxylation is 1. The van der Waals surface area contributed by atoms with E-state index >= 15 is 0 Å². The summed E-state index contributed by atoms with van der Waals surface area (Å²) >= 11 is 0. The number of β-amino-alcohol motifs (C(OH)–C–C–N with tert-alkyl or cyclic N) is 1. The van der Waals surface area contributed by atoms with Crippen molar-refractivity contribution in [2.24, 2.45) is 0 Å². The van der Waals surface area contributed by atoms with E-state index in [4.69, 9.17) is 0 Å². The van der Waals surface area contributed by atoms with E-state index in [2.05, 4.69) is 24.8 Å². The Hall–Kier alpha value is -3.52. The van der Waals surface area contributed by atoms with E-state index < -0.39 is 5.60 Å². The molecule has 0 aliphatic carbocycles. The Morgan fingerprint density at radius 1 is 1.22 bits per heavy atom. The first-order valence-electron chi connectivity index (χ1n) is 10.8. The number of rotatable bonds is 4. The molecule has 1 unspecified atom stereocenters. The highest BCUT2D eigenvalue weighted by molar-refractivity contribution is 5.97. The molecule has 2 N–H and O–H groups in total. The molecule has 5 rings (SSSR count). The number of piperidine rings is 1. The Morgan fingerprint density at radius 2 is 2.09 bits per heavy atom. The van der Waals surface area contributed by atoms with Crippen LogP contribution in [0.1, 0.15) is 29.0 Å². The van der Waals surface area contributed by atoms with Gasteiger partial charge < -0.3 is 19.9 Å². The average Bonchev–Trinajstić information content (AvgIpc) is 3.17. The number of carbonyl (C=O) groups excluding carboxylic acids is 1. The molecule has 8 heteroatoms. The van der Waals surface area contributed by atoms with Crippen molar-refractivity contribution in [1.82, 2.24) is 24.8 Å². The van der Waals surface area contributed by atoms with E-state index in [0.717, 1.165) is 46.5 Å². The number of hydrogen-bond donors (Lipinski definition) is 2. The van der Waals surface area contributed by atoms with E-state index in [-0.39, 0.29) is 12.5 Å². The van der Waals surface area contributed by atoms with Gasteiger partial charge in [0.05, 0.1) is 34.4 Å². The number of pyridine rings is 2. The first-order chi connectivity index (χ1) is 15.4. The van der Waals surface area contributed by atoms with Crippen LogP contribution in [0, 0.1) is 6.92 Å². The molecule has 0 spiro atoms. The van der Waals surface area contributed by atoms with Gasteiger partial charge in [-0.15, -0.1) is 0 Å². The quantitative estimate of drug-likeness (QED) is 0.517. The van der Waals surface area contributed by atoms with Gasteiger partial charge in [-0.05, 0) is 56.2 Å². The van der Waals surface area contributed by atoms with E-state index in [0.29, 0.717) is 18.5 Å². The van der Waals surface area contributed by atoms with Crippen LogP contribution in [-0.4, -0.2) is 68.1 Å². The number of aromatic nitrogens is 4. The number of likely N-dealkylation sites (N-methyl/N-ethyl adjacent to an activating group) is 1. The van der Waals surface area contributed by atoms with Gasteiger partial charge in [0.2, 0.25) is 0 Å². The van der Waals surface area contributed by atoms with Crippen LogP contribution >= 0.6 is 0 Å². The van der Waals surface area contributed by atoms with Crippen molar-refractivity contribution in [3.05, 3.63) is 60.2 Å². The molecule has 3 aromatic heterocycles. The second-order valence-corrected chi connectivity index (χ2v) is 8.67. The minimum Gasteiger partial charge on any atom is -0.386 e. The molecule has 0 saturated carbocycles. The van der Waals surface area contributed by atoms with Crippen LogP contribution in [0.4, 0.5) is 5.69 Å². The number of nitrogens with one attached hydrogen (secondary N) is 1. The number of fused-ring (bicyclic) bond motifs is 2. The lowest BCUT2D eigenvalue weighted by atomic mass is 9.91. The van der Waals surface area contributed by atoms with Crippen LogP contribution < -0.4 is 4.90 Å². The summed E-state index contributed by atoms with van der Waals surface area (Å²) < 4.78 is 0. The summed E-state index contributed by atoms with van der Waals surface area (Å²) in [5.74, 6) is 0.688. The topological polar surface area (TPSA) is 98.2 Å². The normalized spacial score (nSPS) is 18.9. The highest BCUT2D eigenvalue weighted by Crippen LogP contribution is 2.30. The van der Waals surface area contributed by atoms with Crippen molar-refractivity contribution in [2.45, 2.75) is 25.4 Å². The molecule has 0 bridgehead atoms. The number of imidazole rings is 1. The van der Waals surface area contributed by atoms with E-state index in [1.165, 1.54) is 0 Å². The Labute approximate surface area is 185 Å². The van der Waals surface area contributed by atoms with Gasteiger partial charge in [0, 0.05) is 38.1 Å². The van der Waals surface area contributed by atoms with Crippen LogP contribution in [0.2, 0.25) is 0 Å². The minimum atomic E-state index is -1.01. The average molecular weight is 431 g/mol. The fourth-order valence-electron chi connectivity index (χ4n) is 4.67. The van der Waals surface area contributed by atoms with Gasteiger partial charge in [-0.3, -0.25) is 14.8 Å². The minimum absolute atomic E-state index is 0.124. The Balaban J connectivity index is 1.35. The van der Waals surface area contributed by atoms with Crippen LogP contribution in [-0.2, 0) is 0 Å². The second-order valence-electron chi connectivity index (χ2n) is 8.67. The fraction of sp³-hybridized carbons (Fsp3) is 0.333. The van der Waals surface area contributed by atoms with Crippen molar-refractivity contribution in [3.63, 3.8) is 0 Å². The van der Waals surface area contributed by atoms with Crippen molar-refractivity contribution >= 4 is 33.7 Å². The van der Waals surface area contributed by atoms with Crippen molar-refractivity contribution in [3.8, 4) is 0 Å². The van der Waals surface area contributed by atoms with Gasteiger partial charge in [0.25, 0.3) is 5.91 Å². The lowest BCUT2D eigenvalue weighted by molar-refractivity contribution is 0.0000674. The van der Waals surface area contributed by atoms with E-state index in [1.807, 2.05) is 37.3 Å². The zero-order valence-corrected chi connectivity index (χ0v) is 18.2. The number of amides is 1. The van der Waals surface area contributed by atoms with Crippen LogP contribution in [0.15, 0.2) is 48.8 Å². The monoisotopic (exact) mass is 430 g/mol. The number of nitrogens with zero attached hydrogens (tertiary/aromatic N) is 5. The Morgan fingerprint density at radius 3 is 2.97 bits per heavy atom. The lowest BCUT2D eigenvalue weighted by Crippen LogP contribution is -2.54. The van der Waals surface area contributed by atoms with Gasteiger partial charge in [0.15, 0.2) is 0 Å². The van der Waals surface area contributed by atoms with Gasteiger partial charge in [-0.2, -0.15) is 0 Å². The van der Waals surface area contributed by atoms with Gasteiger partial charge in [0.1, 0.15) is 11.3 Å². The SMILES string of the molecule is Cc1nc2ccc(C(=O)N(C)CC3(O)CCCN(c4ccnc5cccnc45)C3)cc2[nH]1. The van der Waals surface area contributed by atoms with Gasteiger partial charge in [-0.1, -0.05) is 0 Å². The molecule has 164 valence electrons. The maximum absolute atomic E-state index is 13.1. The summed E-state index contributed by atoms with van der Waals surface area (Å²) in [6.07, 6.45) is 5.00. The zero-order valence-electron chi connectivity index (χ0n) is 18.2. The summed E-state index contributed by atoms with van der Waals surface area (Å²) in [7, 11) is 1.74. The molecule has 4 aromatic rings. The number of hydrogen-bond acceptors (Lipinski definition) is 6. The Bertz CT molecular complexity index is 1300. The van der Waals surface area contributed by atoms with Crippen LogP contribution in [0.3, 0.4) is 0 Å². The predicted octanol–water partition coefficient (Wildman–Crippen LogP) is 2.92. The van der Waals surface area contributed by atoms with Crippen molar-refractivity contribution in [2.75, 3.05) is 31.6 Å². The maximum Gasteiger partial charge on any atom is 0.253 e. The third-order valence-corrected chi connectivity index (χ3v) is 6.10. The van der Waals surface area contributed by atoms with Gasteiger partial charge >= 0.3 is 0 Å². The van der Waals surface area contributed by atoms with Crippen molar-refractivity contribution in [1.29, 1.82) is 0 Å². The molecule has 4 heterocycles. The highest BCUT2D eigenvalue weighted by atomic mass is 16.3. The summed E-state index contributed by atoms with van der Waals surface area (Å²) in [6, 6.07) is 11.2. The molecule has 1 aliphatic rings. The molecule has 0 radical (unpaired) electrons. The predicted molar refractivity (Wildman–Crippen MR) is 124 cm³/mol. The number of aromatic amines is 1. The van der Waals surface area contributed by atoms with E-state index in [9.17, 15) is 9.90 Å². The number of benzene rings is 1. The van der Waals surface area contributed by atoms with Gasteiger partial charge in [-0.25, -0.2) is 4.98 Å². The third kappa shape index (κ3) is 3.78. The summed E-state index contributed by atoms with van der Waals surface area (Å²) in [4.78, 5) is 33.3.